The lowest BCUT2D eigenvalue weighted by molar-refractivity contribution is -0.110. The molecule has 3 N–H and O–H groups in total. The number of amides is 2. The van der Waals surface area contributed by atoms with E-state index in [1.807, 2.05) is 32.8 Å². The van der Waals surface area contributed by atoms with E-state index in [2.05, 4.69) is 15.6 Å². The highest BCUT2D eigenvalue weighted by atomic mass is 35.5. The summed E-state index contributed by atoms with van der Waals surface area (Å²) in [5.41, 5.74) is 4.96. The number of nitrogens with zero attached hydrogens (tertiary/aromatic N) is 1. The number of benzene rings is 1. The van der Waals surface area contributed by atoms with Crippen LogP contribution in [0.2, 0.25) is 5.02 Å². The predicted octanol–water partition coefficient (Wildman–Crippen LogP) is 3.07. The maximum Gasteiger partial charge on any atom is 0.256 e. The maximum absolute atomic E-state index is 12.6. The predicted molar refractivity (Wildman–Crippen MR) is 109 cm³/mol. The zero-order chi connectivity index (χ0) is 19.7. The van der Waals surface area contributed by atoms with E-state index in [0.717, 1.165) is 34.7 Å². The Hall–Kier alpha value is -2.57. The van der Waals surface area contributed by atoms with Crippen molar-refractivity contribution in [2.75, 3.05) is 32.5 Å². The molecule has 0 bridgehead atoms. The van der Waals surface area contributed by atoms with Crippen molar-refractivity contribution in [1.29, 1.82) is 0 Å². The van der Waals surface area contributed by atoms with Gasteiger partial charge in [0.25, 0.3) is 11.8 Å². The third-order valence-corrected chi connectivity index (χ3v) is 4.84. The van der Waals surface area contributed by atoms with Gasteiger partial charge in [-0.05, 0) is 57.8 Å². The average molecular weight is 387 g/mol. The fourth-order valence-corrected chi connectivity index (χ4v) is 3.36. The second-order valence-electron chi connectivity index (χ2n) is 6.92. The van der Waals surface area contributed by atoms with E-state index in [-0.39, 0.29) is 11.8 Å². The van der Waals surface area contributed by atoms with Crippen LogP contribution in [0.3, 0.4) is 0 Å². The molecule has 0 spiro atoms. The monoisotopic (exact) mass is 386 g/mol. The molecular weight excluding hydrogens is 364 g/mol. The molecule has 2 aromatic rings. The number of hydrogen-bond donors (Lipinski definition) is 3. The number of fused-ring (bicyclic) bond motifs is 1. The van der Waals surface area contributed by atoms with E-state index in [1.165, 1.54) is 0 Å². The van der Waals surface area contributed by atoms with Crippen molar-refractivity contribution >= 4 is 40.8 Å². The van der Waals surface area contributed by atoms with Crippen LogP contribution in [0.25, 0.3) is 11.6 Å². The third kappa shape index (κ3) is 3.91. The molecule has 1 aromatic carbocycles. The fourth-order valence-electron chi connectivity index (χ4n) is 3.19. The van der Waals surface area contributed by atoms with Gasteiger partial charge in [-0.15, -0.1) is 0 Å². The topological polar surface area (TPSA) is 77.2 Å². The first-order valence-corrected chi connectivity index (χ1v) is 9.10. The lowest BCUT2D eigenvalue weighted by Gasteiger charge is -2.10. The average Bonchev–Trinajstić information content (AvgIpc) is 3.04. The van der Waals surface area contributed by atoms with Crippen LogP contribution in [0.1, 0.15) is 32.9 Å². The van der Waals surface area contributed by atoms with E-state index in [1.54, 1.807) is 24.3 Å². The molecule has 2 amide bonds. The Labute approximate surface area is 163 Å². The largest absolute Gasteiger partial charge is 0.358 e. The molecule has 0 aliphatic carbocycles. The van der Waals surface area contributed by atoms with Crippen molar-refractivity contribution < 1.29 is 9.59 Å². The van der Waals surface area contributed by atoms with Crippen LogP contribution in [-0.4, -0.2) is 48.9 Å². The van der Waals surface area contributed by atoms with Crippen molar-refractivity contribution in [2.45, 2.75) is 13.8 Å². The van der Waals surface area contributed by atoms with Crippen LogP contribution < -0.4 is 10.6 Å². The lowest BCUT2D eigenvalue weighted by Crippen LogP contribution is -2.31. The summed E-state index contributed by atoms with van der Waals surface area (Å²) in [4.78, 5) is 30.2. The minimum Gasteiger partial charge on any atom is -0.358 e. The number of carbonyl (C=O) groups excluding carboxylic acids is 2. The van der Waals surface area contributed by atoms with Gasteiger partial charge in [-0.25, -0.2) is 0 Å². The molecule has 0 radical (unpaired) electrons. The Balaban J connectivity index is 1.91. The van der Waals surface area contributed by atoms with Crippen molar-refractivity contribution in [3.05, 3.63) is 51.3 Å². The third-order valence-electron chi connectivity index (χ3n) is 4.60. The van der Waals surface area contributed by atoms with E-state index < -0.39 is 0 Å². The number of carbonyl (C=O) groups is 2. The van der Waals surface area contributed by atoms with Crippen LogP contribution in [0.5, 0.6) is 0 Å². The number of H-pyrrole nitrogens is 1. The highest BCUT2D eigenvalue weighted by molar-refractivity contribution is 6.36. The maximum atomic E-state index is 12.6. The highest BCUT2D eigenvalue weighted by Gasteiger charge is 2.25. The Kier molecular flexibility index (Phi) is 5.39. The molecule has 0 saturated heterocycles. The van der Waals surface area contributed by atoms with Gasteiger partial charge >= 0.3 is 0 Å². The molecule has 142 valence electrons. The molecule has 0 atom stereocenters. The molecular formula is C20H23ClN4O2. The van der Waals surface area contributed by atoms with Gasteiger partial charge in [0.05, 0.1) is 11.1 Å². The van der Waals surface area contributed by atoms with Gasteiger partial charge in [0.15, 0.2) is 0 Å². The Morgan fingerprint density at radius 1 is 1.30 bits per heavy atom. The van der Waals surface area contributed by atoms with Gasteiger partial charge in [0, 0.05) is 40.8 Å². The molecule has 7 heteroatoms. The summed E-state index contributed by atoms with van der Waals surface area (Å²) >= 11 is 6.08. The zero-order valence-corrected chi connectivity index (χ0v) is 16.6. The molecule has 6 nitrogen and oxygen atoms in total. The Bertz CT molecular complexity index is 944. The quantitative estimate of drug-likeness (QED) is 0.691. The number of halogens is 1. The van der Waals surface area contributed by atoms with Gasteiger partial charge in [-0.2, -0.15) is 0 Å². The molecule has 27 heavy (non-hydrogen) atoms. The molecule has 1 aliphatic rings. The number of rotatable bonds is 5. The molecule has 0 fully saturated rings. The van der Waals surface area contributed by atoms with Crippen LogP contribution in [0.4, 0.5) is 5.69 Å². The first-order valence-electron chi connectivity index (χ1n) is 8.73. The second-order valence-corrected chi connectivity index (χ2v) is 7.36. The molecule has 3 rings (SSSR count). The second kappa shape index (κ2) is 7.58. The molecule has 0 unspecified atom stereocenters. The number of anilines is 1. The van der Waals surface area contributed by atoms with E-state index >= 15 is 0 Å². The van der Waals surface area contributed by atoms with Gasteiger partial charge in [0.1, 0.15) is 0 Å². The van der Waals surface area contributed by atoms with Crippen LogP contribution >= 0.6 is 11.6 Å². The Morgan fingerprint density at radius 3 is 2.74 bits per heavy atom. The van der Waals surface area contributed by atoms with E-state index in [0.29, 0.717) is 22.7 Å². The van der Waals surface area contributed by atoms with Crippen molar-refractivity contribution in [3.8, 4) is 0 Å². The smallest absolute Gasteiger partial charge is 0.256 e. The highest BCUT2D eigenvalue weighted by Crippen LogP contribution is 2.35. The van der Waals surface area contributed by atoms with E-state index in [9.17, 15) is 9.59 Å². The summed E-state index contributed by atoms with van der Waals surface area (Å²) in [6.07, 6.45) is 1.77. The van der Waals surface area contributed by atoms with Crippen molar-refractivity contribution in [3.63, 3.8) is 0 Å². The Morgan fingerprint density at radius 2 is 2.04 bits per heavy atom. The fraction of sp³-hybridized carbons (Fsp3) is 0.300. The minimum absolute atomic E-state index is 0.118. The molecule has 1 aliphatic heterocycles. The van der Waals surface area contributed by atoms with Crippen molar-refractivity contribution in [1.82, 2.24) is 15.2 Å². The van der Waals surface area contributed by atoms with Crippen LogP contribution in [0, 0.1) is 13.8 Å². The number of nitrogens with one attached hydrogen (secondary N) is 3. The zero-order valence-electron chi connectivity index (χ0n) is 15.9. The van der Waals surface area contributed by atoms with Crippen LogP contribution in [0.15, 0.2) is 18.2 Å². The first-order chi connectivity index (χ1) is 12.8. The summed E-state index contributed by atoms with van der Waals surface area (Å²) in [7, 11) is 3.92. The van der Waals surface area contributed by atoms with Crippen LogP contribution in [-0.2, 0) is 4.79 Å². The number of likely N-dealkylation sites (N-methyl/N-ethyl adjacent to an activating group) is 1. The summed E-state index contributed by atoms with van der Waals surface area (Å²) in [5, 5.41) is 6.33. The number of aromatic amines is 1. The number of hydrogen-bond acceptors (Lipinski definition) is 3. The van der Waals surface area contributed by atoms with Gasteiger partial charge in [-0.3, -0.25) is 9.59 Å². The number of aryl methyl sites for hydroxylation is 1. The van der Waals surface area contributed by atoms with E-state index in [4.69, 9.17) is 11.6 Å². The summed E-state index contributed by atoms with van der Waals surface area (Å²) in [5.74, 6) is -0.303. The molecule has 2 heterocycles. The summed E-state index contributed by atoms with van der Waals surface area (Å²) in [6, 6.07) is 5.29. The first kappa shape index (κ1) is 19.2. The van der Waals surface area contributed by atoms with Gasteiger partial charge in [-0.1, -0.05) is 11.6 Å². The van der Waals surface area contributed by atoms with Gasteiger partial charge in [0.2, 0.25) is 0 Å². The molecule has 1 aromatic heterocycles. The van der Waals surface area contributed by atoms with Gasteiger partial charge < -0.3 is 20.5 Å². The SMILES string of the molecule is Cc1[nH]c(C=C2C(=O)Nc3ccc(Cl)cc32)c(C)c1C(=O)NCCN(C)C. The summed E-state index contributed by atoms with van der Waals surface area (Å²) in [6.45, 7) is 5.07. The lowest BCUT2D eigenvalue weighted by atomic mass is 10.0. The number of aromatic nitrogens is 1. The van der Waals surface area contributed by atoms with Crippen molar-refractivity contribution in [2.24, 2.45) is 0 Å². The normalized spacial score (nSPS) is 14.6. The minimum atomic E-state index is -0.184. The molecule has 0 saturated carbocycles. The standard InChI is InChI=1S/C20H23ClN4O2/c1-11-17(23-12(2)18(11)20(27)22-7-8-25(3)4)10-15-14-9-13(21)5-6-16(14)24-19(15)26/h5-6,9-10,23H,7-8H2,1-4H3,(H,22,27)(H,24,26). The summed E-state index contributed by atoms with van der Waals surface area (Å²) < 4.78 is 0.